The third-order valence-corrected chi connectivity index (χ3v) is 9.48. The number of aromatic nitrogens is 6. The molecule has 0 radical (unpaired) electrons. The van der Waals surface area contributed by atoms with Crippen molar-refractivity contribution >= 4 is 17.6 Å². The number of carboxylic acids is 1. The number of benzene rings is 2. The highest BCUT2D eigenvalue weighted by Crippen LogP contribution is 2.39. The van der Waals surface area contributed by atoms with E-state index < -0.39 is 53.1 Å². The first-order chi connectivity index (χ1) is 25.5. The van der Waals surface area contributed by atoms with Gasteiger partial charge in [0, 0.05) is 30.4 Å². The van der Waals surface area contributed by atoms with E-state index in [0.717, 1.165) is 26.4 Å². The maximum absolute atomic E-state index is 14.3. The van der Waals surface area contributed by atoms with E-state index in [-0.39, 0.29) is 71.1 Å². The molecule has 19 heteroatoms. The number of aliphatic hydroxyl groups excluding tert-OH is 1. The Balaban J connectivity index is 1.12. The second-order valence-corrected chi connectivity index (χ2v) is 13.0. The van der Waals surface area contributed by atoms with Crippen LogP contribution in [0, 0.1) is 0 Å². The van der Waals surface area contributed by atoms with E-state index in [2.05, 4.69) is 27.2 Å². The zero-order valence-electron chi connectivity index (χ0n) is 28.2. The molecule has 2 N–H and O–H groups in total. The maximum atomic E-state index is 14.3. The summed E-state index contributed by atoms with van der Waals surface area (Å²) in [5, 5.41) is 35.3. The van der Waals surface area contributed by atoms with Crippen molar-refractivity contribution in [3.63, 3.8) is 0 Å². The average Bonchev–Trinajstić information content (AvgIpc) is 3.96. The molecule has 2 aliphatic heterocycles. The lowest BCUT2D eigenvalue weighted by molar-refractivity contribution is -0.141. The van der Waals surface area contributed by atoms with Crippen LogP contribution in [-0.2, 0) is 17.1 Å². The highest BCUT2D eigenvalue weighted by atomic mass is 19.4. The Morgan fingerprint density at radius 1 is 0.833 bits per heavy atom. The number of β-amino-alcohol motifs (C(OH)–C–C–N with tert-alkyl or cyclic N) is 1. The Hall–Kier alpha value is -5.98. The summed E-state index contributed by atoms with van der Waals surface area (Å²) in [6, 6.07) is 8.11. The fraction of sp³-hybridized carbons (Fsp3) is 0.314. The van der Waals surface area contributed by atoms with Gasteiger partial charge in [0.15, 0.2) is 11.5 Å². The van der Waals surface area contributed by atoms with Crippen molar-refractivity contribution in [3.8, 4) is 34.3 Å². The zero-order valence-corrected chi connectivity index (χ0v) is 28.2. The van der Waals surface area contributed by atoms with Crippen LogP contribution in [0.1, 0.15) is 53.2 Å². The molecule has 3 atom stereocenters. The van der Waals surface area contributed by atoms with Crippen molar-refractivity contribution < 1.29 is 50.6 Å². The SMILES string of the molecule is C=C(c1ccc(-n2cc(-c3ccc(-c4cn(-c5ccc(C(=O)N6CCC[C@H]6C(=O)O)c(C(F)(F)F)c5)nn4)o3)nn2)cc1C(F)(F)F)N1C[C@H](O)C[C@H]1C. The van der Waals surface area contributed by atoms with Crippen LogP contribution >= 0.6 is 0 Å². The minimum Gasteiger partial charge on any atom is -0.480 e. The number of aliphatic carboxylic acids is 1. The summed E-state index contributed by atoms with van der Waals surface area (Å²) in [6.45, 7) is 5.86. The fourth-order valence-electron chi connectivity index (χ4n) is 6.83. The molecule has 0 saturated carbocycles. The van der Waals surface area contributed by atoms with Crippen LogP contribution in [0.5, 0.6) is 0 Å². The average molecular weight is 757 g/mol. The van der Waals surface area contributed by atoms with E-state index in [1.54, 1.807) is 11.8 Å². The van der Waals surface area contributed by atoms with E-state index in [9.17, 15) is 46.1 Å². The normalized spacial score (nSPS) is 19.1. The second kappa shape index (κ2) is 13.5. The molecule has 0 unspecified atom stereocenters. The Morgan fingerprint density at radius 3 is 1.87 bits per heavy atom. The first-order valence-electron chi connectivity index (χ1n) is 16.6. The molecule has 5 heterocycles. The van der Waals surface area contributed by atoms with E-state index in [1.807, 2.05) is 0 Å². The second-order valence-electron chi connectivity index (χ2n) is 13.0. The lowest BCUT2D eigenvalue weighted by Gasteiger charge is -2.28. The Morgan fingerprint density at radius 2 is 1.37 bits per heavy atom. The summed E-state index contributed by atoms with van der Waals surface area (Å²) in [7, 11) is 0. The predicted molar refractivity (Wildman–Crippen MR) is 177 cm³/mol. The van der Waals surface area contributed by atoms with Gasteiger partial charge in [-0.15, -0.1) is 10.2 Å². The monoisotopic (exact) mass is 756 g/mol. The van der Waals surface area contributed by atoms with Gasteiger partial charge < -0.3 is 24.4 Å². The molecule has 5 aromatic rings. The lowest BCUT2D eigenvalue weighted by atomic mass is 10.0. The molecule has 0 bridgehead atoms. The molecule has 13 nitrogen and oxygen atoms in total. The van der Waals surface area contributed by atoms with Crippen LogP contribution in [0.2, 0.25) is 0 Å². The number of amides is 1. The number of carbonyl (C=O) groups is 2. The standard InChI is InChI=1S/C35H30F6N8O5/c1-18-12-22(50)15-47(18)19(2)23-7-5-20(13-25(23)34(36,37)38)48-16-27(42-44-48)30-9-10-31(54-30)28-17-49(45-43-28)21-6-8-24(26(14-21)35(39,40)41)32(51)46-11-3-4-29(46)33(52)53/h5-10,13-14,16-18,22,29,50H,2-4,11-12,15H2,1H3,(H,52,53)/t18-,22-,29+/m1/s1. The van der Waals surface area contributed by atoms with Crippen LogP contribution in [0.4, 0.5) is 26.3 Å². The van der Waals surface area contributed by atoms with Gasteiger partial charge in [0.05, 0.1) is 46.6 Å². The molecular formula is C35H30F6N8O5. The van der Waals surface area contributed by atoms with Gasteiger partial charge in [0.2, 0.25) is 0 Å². The predicted octanol–water partition coefficient (Wildman–Crippen LogP) is 5.93. The molecule has 2 saturated heterocycles. The van der Waals surface area contributed by atoms with Crippen LogP contribution in [0.15, 0.2) is 71.9 Å². The molecule has 2 aliphatic rings. The van der Waals surface area contributed by atoms with Gasteiger partial charge in [-0.25, -0.2) is 14.2 Å². The summed E-state index contributed by atoms with van der Waals surface area (Å²) in [6.07, 6.45) is -6.85. The number of hydrogen-bond donors (Lipinski definition) is 2. The molecule has 0 aliphatic carbocycles. The van der Waals surface area contributed by atoms with E-state index >= 15 is 0 Å². The molecule has 7 rings (SSSR count). The number of rotatable bonds is 8. The summed E-state index contributed by atoms with van der Waals surface area (Å²) in [4.78, 5) is 27.2. The largest absolute Gasteiger partial charge is 0.480 e. The van der Waals surface area contributed by atoms with Gasteiger partial charge in [-0.05, 0) is 68.7 Å². The third-order valence-electron chi connectivity index (χ3n) is 9.48. The van der Waals surface area contributed by atoms with Gasteiger partial charge in [0.1, 0.15) is 17.4 Å². The van der Waals surface area contributed by atoms with Crippen molar-refractivity contribution in [3.05, 3.63) is 89.8 Å². The molecule has 54 heavy (non-hydrogen) atoms. The fourth-order valence-corrected chi connectivity index (χ4v) is 6.83. The molecule has 2 fully saturated rings. The van der Waals surface area contributed by atoms with E-state index in [4.69, 9.17) is 4.42 Å². The third kappa shape index (κ3) is 6.81. The number of furan rings is 1. The minimum atomic E-state index is -4.96. The smallest absolute Gasteiger partial charge is 0.417 e. The van der Waals surface area contributed by atoms with Crippen molar-refractivity contribution in [2.45, 2.75) is 56.7 Å². The summed E-state index contributed by atoms with van der Waals surface area (Å²) >= 11 is 0. The molecule has 2 aromatic carbocycles. The van der Waals surface area contributed by atoms with Gasteiger partial charge in [-0.3, -0.25) is 4.79 Å². The van der Waals surface area contributed by atoms with E-state index in [1.165, 1.54) is 42.7 Å². The molecule has 0 spiro atoms. The zero-order chi connectivity index (χ0) is 38.7. The highest BCUT2D eigenvalue weighted by Gasteiger charge is 2.41. The molecular weight excluding hydrogens is 726 g/mol. The number of nitrogens with zero attached hydrogens (tertiary/aromatic N) is 8. The maximum Gasteiger partial charge on any atom is 0.417 e. The van der Waals surface area contributed by atoms with Gasteiger partial charge >= 0.3 is 18.3 Å². The number of likely N-dealkylation sites (tertiary alicyclic amines) is 2. The Labute approximate surface area is 301 Å². The number of carboxylic acid groups (broad SMARTS) is 1. The number of alkyl halides is 6. The van der Waals surface area contributed by atoms with Crippen molar-refractivity contribution in [2.75, 3.05) is 13.1 Å². The van der Waals surface area contributed by atoms with Crippen LogP contribution in [0.25, 0.3) is 40.0 Å². The van der Waals surface area contributed by atoms with Crippen LogP contribution in [-0.4, -0.2) is 93.2 Å². The first-order valence-corrected chi connectivity index (χ1v) is 16.6. The summed E-state index contributed by atoms with van der Waals surface area (Å²) < 4.78 is 93.3. The van der Waals surface area contributed by atoms with Gasteiger partial charge in [-0.1, -0.05) is 23.1 Å². The first kappa shape index (κ1) is 36.4. The number of carbonyl (C=O) groups excluding carboxylic acids is 1. The lowest BCUT2D eigenvalue weighted by Crippen LogP contribution is -2.41. The summed E-state index contributed by atoms with van der Waals surface area (Å²) in [5.41, 5.74) is -2.70. The van der Waals surface area contributed by atoms with Crippen LogP contribution < -0.4 is 0 Å². The summed E-state index contributed by atoms with van der Waals surface area (Å²) in [5.74, 6) is -2.06. The Kier molecular flexibility index (Phi) is 9.07. The van der Waals surface area contributed by atoms with Gasteiger partial charge in [0.25, 0.3) is 5.91 Å². The van der Waals surface area contributed by atoms with Crippen molar-refractivity contribution in [1.82, 2.24) is 39.8 Å². The quantitative estimate of drug-likeness (QED) is 0.182. The highest BCUT2D eigenvalue weighted by molar-refractivity contribution is 5.98. The Bertz CT molecular complexity index is 2260. The number of halogens is 6. The molecule has 282 valence electrons. The number of aliphatic hydroxyl groups is 1. The molecule has 1 amide bonds. The van der Waals surface area contributed by atoms with E-state index in [0.29, 0.717) is 18.9 Å². The van der Waals surface area contributed by atoms with Crippen molar-refractivity contribution in [2.24, 2.45) is 0 Å². The van der Waals surface area contributed by atoms with Gasteiger partial charge in [-0.2, -0.15) is 26.3 Å². The molecule has 3 aromatic heterocycles. The minimum absolute atomic E-state index is 0.0107. The topological polar surface area (TPSA) is 156 Å². The number of hydrogen-bond acceptors (Lipinski definition) is 9. The van der Waals surface area contributed by atoms with Crippen molar-refractivity contribution in [1.29, 1.82) is 0 Å². The van der Waals surface area contributed by atoms with Crippen LogP contribution in [0.3, 0.4) is 0 Å².